The van der Waals surface area contributed by atoms with Crippen molar-refractivity contribution in [2.24, 2.45) is 23.6 Å². The second kappa shape index (κ2) is 6.88. The number of hydrogen-bond donors (Lipinski definition) is 2. The third kappa shape index (κ3) is 3.69. The van der Waals surface area contributed by atoms with Gasteiger partial charge in [0.05, 0.1) is 6.10 Å². The van der Waals surface area contributed by atoms with E-state index in [4.69, 9.17) is 10.6 Å². The largest absolute Gasteiger partial charge is 0.378 e. The molecule has 1 aliphatic heterocycles. The molecule has 0 aromatic carbocycles. The lowest BCUT2D eigenvalue weighted by molar-refractivity contribution is -0.00245. The van der Waals surface area contributed by atoms with Crippen LogP contribution in [-0.2, 0) is 4.74 Å². The fraction of sp³-hybridized carbons (Fsp3) is 1.00. The maximum Gasteiger partial charge on any atom is 0.0590 e. The molecule has 0 aromatic heterocycles. The molecule has 5 unspecified atom stereocenters. The van der Waals surface area contributed by atoms with Gasteiger partial charge in [-0.2, -0.15) is 0 Å². The number of hydrazine groups is 1. The van der Waals surface area contributed by atoms with Crippen LogP contribution in [0.25, 0.3) is 0 Å². The summed E-state index contributed by atoms with van der Waals surface area (Å²) in [6.45, 7) is 5.72. The molecule has 3 nitrogen and oxygen atoms in total. The van der Waals surface area contributed by atoms with Crippen LogP contribution in [0.3, 0.4) is 0 Å². The smallest absolute Gasteiger partial charge is 0.0590 e. The van der Waals surface area contributed by atoms with Gasteiger partial charge in [0.2, 0.25) is 0 Å². The highest BCUT2D eigenvalue weighted by Crippen LogP contribution is 2.36. The first-order valence-electron chi connectivity index (χ1n) is 7.78. The minimum atomic E-state index is 0.439. The van der Waals surface area contributed by atoms with Gasteiger partial charge in [0, 0.05) is 12.6 Å². The minimum Gasteiger partial charge on any atom is -0.378 e. The maximum absolute atomic E-state index is 5.85. The number of nitrogens with two attached hydrogens (primary N) is 1. The van der Waals surface area contributed by atoms with Crippen LogP contribution in [0.15, 0.2) is 0 Å². The zero-order valence-electron chi connectivity index (χ0n) is 12.0. The molecule has 3 N–H and O–H groups in total. The predicted octanol–water partition coefficient (Wildman–Crippen LogP) is 2.85. The zero-order valence-corrected chi connectivity index (χ0v) is 12.0. The Morgan fingerprint density at radius 2 is 2.00 bits per heavy atom. The molecule has 0 aromatic rings. The van der Waals surface area contributed by atoms with E-state index in [1.54, 1.807) is 0 Å². The average molecular weight is 254 g/mol. The molecule has 18 heavy (non-hydrogen) atoms. The van der Waals surface area contributed by atoms with Crippen LogP contribution < -0.4 is 11.3 Å². The summed E-state index contributed by atoms with van der Waals surface area (Å²) >= 11 is 0. The standard InChI is InChI=1S/C15H30N2O/c1-11-6-7-13(9-12(11)2)15(17-16)10-14-5-3-4-8-18-14/h11-15,17H,3-10,16H2,1-2H3. The van der Waals surface area contributed by atoms with Gasteiger partial charge < -0.3 is 4.74 Å². The summed E-state index contributed by atoms with van der Waals surface area (Å²) in [4.78, 5) is 0. The molecule has 106 valence electrons. The summed E-state index contributed by atoms with van der Waals surface area (Å²) in [6, 6.07) is 0.447. The molecular weight excluding hydrogens is 224 g/mol. The zero-order chi connectivity index (χ0) is 13.0. The van der Waals surface area contributed by atoms with Gasteiger partial charge in [-0.25, -0.2) is 0 Å². The van der Waals surface area contributed by atoms with Crippen molar-refractivity contribution in [2.75, 3.05) is 6.61 Å². The van der Waals surface area contributed by atoms with E-state index in [1.807, 2.05) is 0 Å². The normalized spacial score (nSPS) is 39.5. The molecule has 0 bridgehead atoms. The van der Waals surface area contributed by atoms with Gasteiger partial charge in [0.25, 0.3) is 0 Å². The molecule has 0 spiro atoms. The second-order valence-electron chi connectivity index (χ2n) is 6.53. The van der Waals surface area contributed by atoms with Crippen LogP contribution >= 0.6 is 0 Å². The van der Waals surface area contributed by atoms with E-state index in [1.165, 1.54) is 38.5 Å². The monoisotopic (exact) mass is 254 g/mol. The molecule has 2 rings (SSSR count). The van der Waals surface area contributed by atoms with E-state index < -0.39 is 0 Å². The highest BCUT2D eigenvalue weighted by Gasteiger charge is 2.31. The third-order valence-electron chi connectivity index (χ3n) is 5.21. The molecule has 2 aliphatic rings. The Kier molecular flexibility index (Phi) is 5.46. The van der Waals surface area contributed by atoms with Crippen LogP contribution in [0.4, 0.5) is 0 Å². The topological polar surface area (TPSA) is 47.3 Å². The number of rotatable bonds is 4. The minimum absolute atomic E-state index is 0.439. The van der Waals surface area contributed by atoms with Crippen molar-refractivity contribution in [3.8, 4) is 0 Å². The van der Waals surface area contributed by atoms with Crippen molar-refractivity contribution in [1.29, 1.82) is 0 Å². The molecule has 1 aliphatic carbocycles. The molecule has 0 amide bonds. The van der Waals surface area contributed by atoms with Gasteiger partial charge in [0.15, 0.2) is 0 Å². The Balaban J connectivity index is 1.83. The summed E-state index contributed by atoms with van der Waals surface area (Å²) in [7, 11) is 0. The molecule has 1 heterocycles. The molecule has 1 saturated heterocycles. The van der Waals surface area contributed by atoms with Crippen molar-refractivity contribution in [2.45, 2.75) is 70.9 Å². The van der Waals surface area contributed by atoms with Crippen LogP contribution in [-0.4, -0.2) is 18.8 Å². The van der Waals surface area contributed by atoms with E-state index in [-0.39, 0.29) is 0 Å². The Labute approximate surface area is 112 Å². The van der Waals surface area contributed by atoms with E-state index in [2.05, 4.69) is 19.3 Å². The average Bonchev–Trinajstić information content (AvgIpc) is 2.40. The maximum atomic E-state index is 5.85. The van der Waals surface area contributed by atoms with E-state index in [0.717, 1.165) is 30.8 Å². The van der Waals surface area contributed by atoms with Crippen LogP contribution in [0.2, 0.25) is 0 Å². The lowest BCUT2D eigenvalue weighted by atomic mass is 9.72. The van der Waals surface area contributed by atoms with Gasteiger partial charge in [-0.3, -0.25) is 11.3 Å². The molecule has 2 fully saturated rings. The first-order chi connectivity index (χ1) is 8.70. The Hall–Kier alpha value is -0.120. The quantitative estimate of drug-likeness (QED) is 0.599. The van der Waals surface area contributed by atoms with Gasteiger partial charge in [0.1, 0.15) is 0 Å². The fourth-order valence-electron chi connectivity index (χ4n) is 3.63. The summed E-state index contributed by atoms with van der Waals surface area (Å²) < 4.78 is 5.85. The first-order valence-corrected chi connectivity index (χ1v) is 7.78. The van der Waals surface area contributed by atoms with E-state index in [0.29, 0.717) is 12.1 Å². The summed E-state index contributed by atoms with van der Waals surface area (Å²) in [6.07, 6.45) is 9.31. The van der Waals surface area contributed by atoms with Crippen molar-refractivity contribution in [3.63, 3.8) is 0 Å². The third-order valence-corrected chi connectivity index (χ3v) is 5.21. The van der Waals surface area contributed by atoms with Crippen molar-refractivity contribution in [3.05, 3.63) is 0 Å². The highest BCUT2D eigenvalue weighted by molar-refractivity contribution is 4.85. The van der Waals surface area contributed by atoms with Gasteiger partial charge in [-0.05, 0) is 56.3 Å². The summed E-state index contributed by atoms with van der Waals surface area (Å²) in [5.74, 6) is 8.26. The van der Waals surface area contributed by atoms with Crippen molar-refractivity contribution in [1.82, 2.24) is 5.43 Å². The molecule has 5 atom stereocenters. The summed E-state index contributed by atoms with van der Waals surface area (Å²) in [5, 5.41) is 0. The Morgan fingerprint density at radius 1 is 1.17 bits per heavy atom. The highest BCUT2D eigenvalue weighted by atomic mass is 16.5. The molecule has 0 radical (unpaired) electrons. The molecule has 3 heteroatoms. The SMILES string of the molecule is CC1CCC(C(CC2CCCCO2)NN)CC1C. The van der Waals surface area contributed by atoms with Gasteiger partial charge in [-0.15, -0.1) is 0 Å². The van der Waals surface area contributed by atoms with Gasteiger partial charge >= 0.3 is 0 Å². The first kappa shape index (κ1) is 14.3. The van der Waals surface area contributed by atoms with Crippen molar-refractivity contribution < 1.29 is 4.74 Å². The second-order valence-corrected chi connectivity index (χ2v) is 6.53. The van der Waals surface area contributed by atoms with E-state index >= 15 is 0 Å². The van der Waals surface area contributed by atoms with Crippen LogP contribution in [0, 0.1) is 17.8 Å². The fourth-order valence-corrected chi connectivity index (χ4v) is 3.63. The van der Waals surface area contributed by atoms with Gasteiger partial charge in [-0.1, -0.05) is 20.3 Å². The number of ether oxygens (including phenoxy) is 1. The number of hydrogen-bond acceptors (Lipinski definition) is 3. The van der Waals surface area contributed by atoms with Crippen LogP contribution in [0.5, 0.6) is 0 Å². The number of nitrogens with one attached hydrogen (secondary N) is 1. The van der Waals surface area contributed by atoms with Crippen LogP contribution in [0.1, 0.15) is 58.8 Å². The lowest BCUT2D eigenvalue weighted by Crippen LogP contribution is -2.45. The predicted molar refractivity (Wildman–Crippen MR) is 75.0 cm³/mol. The molecule has 1 saturated carbocycles. The van der Waals surface area contributed by atoms with Crippen molar-refractivity contribution >= 4 is 0 Å². The summed E-state index contributed by atoms with van der Waals surface area (Å²) in [5.41, 5.74) is 3.07. The van der Waals surface area contributed by atoms with E-state index in [9.17, 15) is 0 Å². The lowest BCUT2D eigenvalue weighted by Gasteiger charge is -2.38. The Bertz CT molecular complexity index is 241. The molecular formula is C15H30N2O. The Morgan fingerprint density at radius 3 is 2.61 bits per heavy atom.